The first-order valence-electron chi connectivity index (χ1n) is 4.37. The summed E-state index contributed by atoms with van der Waals surface area (Å²) >= 11 is 0. The summed E-state index contributed by atoms with van der Waals surface area (Å²) in [5.74, 6) is -0.990. The van der Waals surface area contributed by atoms with Gasteiger partial charge in [-0.05, 0) is 26.9 Å². The molecule has 0 saturated carbocycles. The van der Waals surface area contributed by atoms with Crippen LogP contribution in [0.2, 0.25) is 0 Å². The standard InChI is InChI=1S/C8H18N4O2.2ClH/c1-12(2)8(10)11-5-3-4-6(9)7(13)14;;/h5-6,8H,3-4,9-10H2,1-2H3,(H,13,14);2*1H/b11-5+;;/t6-,8?;;/m1../s1. The molecule has 98 valence electrons. The van der Waals surface area contributed by atoms with E-state index < -0.39 is 12.0 Å². The third-order valence-corrected chi connectivity index (χ3v) is 1.71. The van der Waals surface area contributed by atoms with Crippen molar-refractivity contribution >= 4 is 37.0 Å². The summed E-state index contributed by atoms with van der Waals surface area (Å²) in [7, 11) is 3.62. The summed E-state index contributed by atoms with van der Waals surface area (Å²) in [6.07, 6.45) is 2.12. The highest BCUT2D eigenvalue weighted by molar-refractivity contribution is 5.85. The molecule has 2 atom stereocenters. The second kappa shape index (κ2) is 11.1. The molecular formula is C8H20Cl2N4O2. The number of carboxylic acid groups (broad SMARTS) is 1. The highest BCUT2D eigenvalue weighted by Gasteiger charge is 2.09. The number of hydrogen-bond donors (Lipinski definition) is 3. The van der Waals surface area contributed by atoms with E-state index in [0.717, 1.165) is 0 Å². The number of aliphatic imine (C=N–C) groups is 1. The molecule has 0 aliphatic rings. The first kappa shape index (κ1) is 20.9. The van der Waals surface area contributed by atoms with E-state index in [4.69, 9.17) is 16.6 Å². The monoisotopic (exact) mass is 274 g/mol. The third-order valence-electron chi connectivity index (χ3n) is 1.71. The van der Waals surface area contributed by atoms with Gasteiger partial charge in [0.1, 0.15) is 6.04 Å². The summed E-state index contributed by atoms with van der Waals surface area (Å²) in [5.41, 5.74) is 10.9. The first-order valence-corrected chi connectivity index (χ1v) is 4.37. The molecule has 0 bridgehead atoms. The Hall–Kier alpha value is -0.400. The van der Waals surface area contributed by atoms with Crippen molar-refractivity contribution in [3.05, 3.63) is 0 Å². The molecule has 0 radical (unpaired) electrons. The lowest BCUT2D eigenvalue weighted by molar-refractivity contribution is -0.138. The van der Waals surface area contributed by atoms with E-state index in [2.05, 4.69) is 4.99 Å². The minimum Gasteiger partial charge on any atom is -0.480 e. The molecule has 8 heteroatoms. The zero-order chi connectivity index (χ0) is 11.1. The van der Waals surface area contributed by atoms with Crippen LogP contribution in [0.1, 0.15) is 12.8 Å². The van der Waals surface area contributed by atoms with Gasteiger partial charge < -0.3 is 10.8 Å². The van der Waals surface area contributed by atoms with Gasteiger partial charge in [0.05, 0.1) is 0 Å². The Labute approximate surface area is 108 Å². The average molecular weight is 275 g/mol. The average Bonchev–Trinajstić information content (AvgIpc) is 2.11. The van der Waals surface area contributed by atoms with Crippen LogP contribution in [0, 0.1) is 0 Å². The SMILES string of the molecule is CN(C)C(N)/N=C/CC[C@@H](N)C(=O)O.Cl.Cl. The van der Waals surface area contributed by atoms with E-state index in [-0.39, 0.29) is 31.1 Å². The molecule has 5 N–H and O–H groups in total. The van der Waals surface area contributed by atoms with E-state index in [1.807, 2.05) is 14.1 Å². The maximum absolute atomic E-state index is 10.3. The Balaban J connectivity index is -0.000000845. The summed E-state index contributed by atoms with van der Waals surface area (Å²) in [4.78, 5) is 16.1. The van der Waals surface area contributed by atoms with Crippen molar-refractivity contribution in [2.24, 2.45) is 16.5 Å². The topological polar surface area (TPSA) is 105 Å². The predicted molar refractivity (Wildman–Crippen MR) is 69.5 cm³/mol. The number of nitrogens with zero attached hydrogens (tertiary/aromatic N) is 2. The lowest BCUT2D eigenvalue weighted by Gasteiger charge is -2.14. The fraction of sp³-hybridized carbons (Fsp3) is 0.750. The smallest absolute Gasteiger partial charge is 0.320 e. The largest absolute Gasteiger partial charge is 0.480 e. The maximum Gasteiger partial charge on any atom is 0.320 e. The lowest BCUT2D eigenvalue weighted by Crippen LogP contribution is -2.34. The van der Waals surface area contributed by atoms with Gasteiger partial charge >= 0.3 is 5.97 Å². The molecule has 0 fully saturated rings. The molecule has 0 aliphatic carbocycles. The van der Waals surface area contributed by atoms with Crippen LogP contribution in [0.5, 0.6) is 0 Å². The number of rotatable bonds is 6. The van der Waals surface area contributed by atoms with E-state index in [9.17, 15) is 4.79 Å². The minimum absolute atomic E-state index is 0. The molecule has 0 spiro atoms. The highest BCUT2D eigenvalue weighted by atomic mass is 35.5. The van der Waals surface area contributed by atoms with Crippen LogP contribution in [0.15, 0.2) is 4.99 Å². The molecule has 0 amide bonds. The van der Waals surface area contributed by atoms with Gasteiger partial charge in [0.15, 0.2) is 6.29 Å². The van der Waals surface area contributed by atoms with Crippen LogP contribution in [-0.2, 0) is 4.79 Å². The van der Waals surface area contributed by atoms with Gasteiger partial charge in [-0.25, -0.2) is 0 Å². The van der Waals surface area contributed by atoms with Crippen molar-refractivity contribution in [3.8, 4) is 0 Å². The van der Waals surface area contributed by atoms with Crippen LogP contribution >= 0.6 is 24.8 Å². The fourth-order valence-corrected chi connectivity index (χ4v) is 0.693. The molecule has 6 nitrogen and oxygen atoms in total. The summed E-state index contributed by atoms with van der Waals surface area (Å²) in [6, 6.07) is -0.822. The van der Waals surface area contributed by atoms with Crippen molar-refractivity contribution in [2.75, 3.05) is 14.1 Å². The van der Waals surface area contributed by atoms with Gasteiger partial charge in [0.2, 0.25) is 0 Å². The molecule has 0 aliphatic heterocycles. The summed E-state index contributed by atoms with van der Waals surface area (Å²) in [5, 5.41) is 8.48. The molecule has 0 heterocycles. The quantitative estimate of drug-likeness (QED) is 0.463. The molecule has 0 aromatic heterocycles. The molecule has 0 aromatic rings. The van der Waals surface area contributed by atoms with Crippen molar-refractivity contribution in [1.29, 1.82) is 0 Å². The Morgan fingerprint density at radius 2 is 1.94 bits per heavy atom. The Kier molecular flexibility index (Phi) is 14.5. The molecule has 0 rings (SSSR count). The molecule has 0 aromatic carbocycles. The Morgan fingerprint density at radius 3 is 2.31 bits per heavy atom. The fourth-order valence-electron chi connectivity index (χ4n) is 0.693. The predicted octanol–water partition coefficient (Wildman–Crippen LogP) is -0.103. The number of halogens is 2. The van der Waals surface area contributed by atoms with Crippen LogP contribution in [0.25, 0.3) is 0 Å². The van der Waals surface area contributed by atoms with Gasteiger partial charge in [-0.15, -0.1) is 24.8 Å². The molecule has 1 unspecified atom stereocenters. The number of aliphatic carboxylic acids is 1. The van der Waals surface area contributed by atoms with Crippen LogP contribution in [0.4, 0.5) is 0 Å². The molecule has 16 heavy (non-hydrogen) atoms. The van der Waals surface area contributed by atoms with Crippen molar-refractivity contribution in [3.63, 3.8) is 0 Å². The number of nitrogens with two attached hydrogens (primary N) is 2. The Morgan fingerprint density at radius 1 is 1.44 bits per heavy atom. The van der Waals surface area contributed by atoms with E-state index in [1.165, 1.54) is 0 Å². The van der Waals surface area contributed by atoms with Crippen molar-refractivity contribution in [1.82, 2.24) is 4.90 Å². The minimum atomic E-state index is -0.990. The van der Waals surface area contributed by atoms with E-state index in [1.54, 1.807) is 11.1 Å². The second-order valence-electron chi connectivity index (χ2n) is 3.23. The summed E-state index contributed by atoms with van der Waals surface area (Å²) in [6.45, 7) is 0. The van der Waals surface area contributed by atoms with E-state index >= 15 is 0 Å². The van der Waals surface area contributed by atoms with Gasteiger partial charge in [0.25, 0.3) is 0 Å². The van der Waals surface area contributed by atoms with E-state index in [0.29, 0.717) is 12.8 Å². The maximum atomic E-state index is 10.3. The van der Waals surface area contributed by atoms with Gasteiger partial charge in [0, 0.05) is 6.21 Å². The van der Waals surface area contributed by atoms with Crippen LogP contribution in [0.3, 0.4) is 0 Å². The molecule has 0 saturated heterocycles. The van der Waals surface area contributed by atoms with Gasteiger partial charge in [-0.3, -0.25) is 20.4 Å². The zero-order valence-electron chi connectivity index (χ0n) is 9.37. The Bertz CT molecular complexity index is 214. The first-order chi connectivity index (χ1) is 6.45. The number of carbonyl (C=O) groups is 1. The summed E-state index contributed by atoms with van der Waals surface area (Å²) < 4.78 is 0. The van der Waals surface area contributed by atoms with Gasteiger partial charge in [-0.2, -0.15) is 0 Å². The highest BCUT2D eigenvalue weighted by Crippen LogP contribution is 1.93. The third kappa shape index (κ3) is 10.1. The zero-order valence-corrected chi connectivity index (χ0v) is 11.0. The lowest BCUT2D eigenvalue weighted by atomic mass is 10.2. The molecular weight excluding hydrogens is 255 g/mol. The van der Waals surface area contributed by atoms with Crippen LogP contribution in [-0.4, -0.2) is 48.6 Å². The second-order valence-corrected chi connectivity index (χ2v) is 3.23. The number of hydrogen-bond acceptors (Lipinski definition) is 5. The normalized spacial score (nSPS) is 14.1. The van der Waals surface area contributed by atoms with Gasteiger partial charge in [-0.1, -0.05) is 0 Å². The van der Waals surface area contributed by atoms with Crippen LogP contribution < -0.4 is 11.5 Å². The van der Waals surface area contributed by atoms with Crippen molar-refractivity contribution < 1.29 is 9.90 Å². The number of carboxylic acids is 1. The van der Waals surface area contributed by atoms with Crippen molar-refractivity contribution in [2.45, 2.75) is 25.2 Å².